The number of nitrogens with zero attached hydrogens (tertiary/aromatic N) is 1. The van der Waals surface area contributed by atoms with E-state index in [1.165, 1.54) is 0 Å². The van der Waals surface area contributed by atoms with Crippen molar-refractivity contribution < 1.29 is 14.3 Å². The molecule has 0 bridgehead atoms. The van der Waals surface area contributed by atoms with Crippen LogP contribution in [-0.4, -0.2) is 35.9 Å². The Balaban J connectivity index is 2.20. The molecular formula is C24H32N2O3. The number of carbonyl (C=O) groups excluding carboxylic acids is 2. The Morgan fingerprint density at radius 1 is 1.00 bits per heavy atom. The van der Waals surface area contributed by atoms with Crippen LogP contribution in [0.5, 0.6) is 5.75 Å². The van der Waals surface area contributed by atoms with Crippen molar-refractivity contribution in [1.82, 2.24) is 10.2 Å². The second-order valence-corrected chi connectivity index (χ2v) is 7.31. The monoisotopic (exact) mass is 396 g/mol. The minimum atomic E-state index is -0.536. The van der Waals surface area contributed by atoms with E-state index in [0.29, 0.717) is 31.2 Å². The van der Waals surface area contributed by atoms with Crippen molar-refractivity contribution in [3.8, 4) is 5.75 Å². The Hall–Kier alpha value is -2.82. The first-order valence-electron chi connectivity index (χ1n) is 10.3. The minimum Gasteiger partial charge on any atom is -0.483 e. The number of rotatable bonds is 10. The summed E-state index contributed by atoms with van der Waals surface area (Å²) in [4.78, 5) is 27.3. The number of likely N-dealkylation sites (N-methyl/N-ethyl adjacent to an activating group) is 1. The zero-order valence-electron chi connectivity index (χ0n) is 17.9. The van der Waals surface area contributed by atoms with Crippen LogP contribution in [0.2, 0.25) is 0 Å². The summed E-state index contributed by atoms with van der Waals surface area (Å²) in [5.74, 6) is 0.661. The number of hydrogen-bond donors (Lipinski definition) is 1. The molecule has 5 heteroatoms. The zero-order chi connectivity index (χ0) is 21.2. The van der Waals surface area contributed by atoms with Gasteiger partial charge in [-0.1, -0.05) is 69.3 Å². The summed E-state index contributed by atoms with van der Waals surface area (Å²) in [7, 11) is 0. The zero-order valence-corrected chi connectivity index (χ0v) is 17.9. The van der Waals surface area contributed by atoms with E-state index >= 15 is 0 Å². The van der Waals surface area contributed by atoms with E-state index < -0.39 is 6.04 Å². The third kappa shape index (κ3) is 6.34. The van der Waals surface area contributed by atoms with Crippen LogP contribution >= 0.6 is 0 Å². The topological polar surface area (TPSA) is 58.6 Å². The van der Waals surface area contributed by atoms with E-state index in [9.17, 15) is 9.59 Å². The lowest BCUT2D eigenvalue weighted by Gasteiger charge is -2.30. The fourth-order valence-corrected chi connectivity index (χ4v) is 3.30. The van der Waals surface area contributed by atoms with E-state index in [4.69, 9.17) is 4.74 Å². The van der Waals surface area contributed by atoms with Crippen LogP contribution in [-0.2, 0) is 16.1 Å². The summed E-state index contributed by atoms with van der Waals surface area (Å²) in [5.41, 5.74) is 2.04. The van der Waals surface area contributed by atoms with Gasteiger partial charge in [0, 0.05) is 13.1 Å². The Morgan fingerprint density at radius 3 is 2.28 bits per heavy atom. The van der Waals surface area contributed by atoms with Crippen LogP contribution in [0, 0.1) is 0 Å². The predicted octanol–water partition coefficient (Wildman–Crippen LogP) is 4.13. The summed E-state index contributed by atoms with van der Waals surface area (Å²) in [6.45, 7) is 8.76. The van der Waals surface area contributed by atoms with Crippen molar-refractivity contribution in [2.75, 3.05) is 13.2 Å². The van der Waals surface area contributed by atoms with Crippen LogP contribution in [0.1, 0.15) is 51.2 Å². The number of amides is 2. The summed E-state index contributed by atoms with van der Waals surface area (Å²) in [6.07, 6.45) is 0.535. The highest BCUT2D eigenvalue weighted by Crippen LogP contribution is 2.26. The van der Waals surface area contributed by atoms with Gasteiger partial charge in [0.1, 0.15) is 11.8 Å². The molecule has 0 aliphatic carbocycles. The van der Waals surface area contributed by atoms with Gasteiger partial charge in [-0.3, -0.25) is 9.59 Å². The second-order valence-electron chi connectivity index (χ2n) is 7.31. The molecule has 0 radical (unpaired) electrons. The van der Waals surface area contributed by atoms with Crippen molar-refractivity contribution in [2.24, 2.45) is 0 Å². The van der Waals surface area contributed by atoms with Gasteiger partial charge in [0.15, 0.2) is 6.61 Å². The third-order valence-electron chi connectivity index (χ3n) is 4.82. The smallest absolute Gasteiger partial charge is 0.261 e. The Bertz CT molecular complexity index is 790. The van der Waals surface area contributed by atoms with E-state index in [-0.39, 0.29) is 18.4 Å². The van der Waals surface area contributed by atoms with Crippen LogP contribution in [0.15, 0.2) is 54.6 Å². The number of carbonyl (C=O) groups is 2. The molecule has 1 atom stereocenters. The lowest BCUT2D eigenvalue weighted by molar-refractivity contribution is -0.142. The summed E-state index contributed by atoms with van der Waals surface area (Å²) < 4.78 is 5.89. The maximum absolute atomic E-state index is 13.1. The van der Waals surface area contributed by atoms with Crippen LogP contribution in [0.25, 0.3) is 0 Å². The summed E-state index contributed by atoms with van der Waals surface area (Å²) in [5, 5.41) is 2.84. The first kappa shape index (κ1) is 22.5. The average molecular weight is 397 g/mol. The SMILES string of the molecule is CCNC(=O)[C@H](CC)N(Cc1ccccc1)C(=O)COc1ccccc1C(C)C. The van der Waals surface area contributed by atoms with E-state index in [0.717, 1.165) is 11.1 Å². The Labute approximate surface area is 174 Å². The average Bonchev–Trinajstić information content (AvgIpc) is 2.73. The van der Waals surface area contributed by atoms with Gasteiger partial charge >= 0.3 is 0 Å². The Morgan fingerprint density at radius 2 is 1.66 bits per heavy atom. The van der Waals surface area contributed by atoms with Crippen molar-refractivity contribution in [3.05, 3.63) is 65.7 Å². The maximum Gasteiger partial charge on any atom is 0.261 e. The molecular weight excluding hydrogens is 364 g/mol. The number of hydrogen-bond acceptors (Lipinski definition) is 3. The number of para-hydroxylation sites is 1. The fourth-order valence-electron chi connectivity index (χ4n) is 3.30. The van der Waals surface area contributed by atoms with Crippen molar-refractivity contribution in [1.29, 1.82) is 0 Å². The molecule has 0 heterocycles. The molecule has 156 valence electrons. The summed E-state index contributed by atoms with van der Waals surface area (Å²) >= 11 is 0. The van der Waals surface area contributed by atoms with E-state index in [2.05, 4.69) is 19.2 Å². The molecule has 0 aliphatic heterocycles. The van der Waals surface area contributed by atoms with Crippen molar-refractivity contribution in [3.63, 3.8) is 0 Å². The Kier molecular flexibility index (Phi) is 8.71. The van der Waals surface area contributed by atoms with Crippen molar-refractivity contribution in [2.45, 2.75) is 52.6 Å². The molecule has 0 saturated heterocycles. The van der Waals surface area contributed by atoms with Crippen molar-refractivity contribution >= 4 is 11.8 Å². The van der Waals surface area contributed by atoms with E-state index in [1.807, 2.05) is 68.4 Å². The van der Waals surface area contributed by atoms with Gasteiger partial charge in [0.25, 0.3) is 5.91 Å². The molecule has 2 amide bonds. The standard InChI is InChI=1S/C24H32N2O3/c1-5-21(24(28)25-6-2)26(16-19-12-8-7-9-13-19)23(27)17-29-22-15-11-10-14-20(22)18(3)4/h7-15,18,21H,5-6,16-17H2,1-4H3,(H,25,28)/t21-/m0/s1. The van der Waals surface area contributed by atoms with Gasteiger partial charge < -0.3 is 15.0 Å². The van der Waals surface area contributed by atoms with E-state index in [1.54, 1.807) is 4.90 Å². The first-order valence-corrected chi connectivity index (χ1v) is 10.3. The van der Waals surface area contributed by atoms with Crippen LogP contribution in [0.4, 0.5) is 0 Å². The maximum atomic E-state index is 13.1. The highest BCUT2D eigenvalue weighted by molar-refractivity contribution is 5.88. The second kappa shape index (κ2) is 11.2. The predicted molar refractivity (Wildman–Crippen MR) is 116 cm³/mol. The van der Waals surface area contributed by atoms with Crippen LogP contribution < -0.4 is 10.1 Å². The number of nitrogens with one attached hydrogen (secondary N) is 1. The normalized spacial score (nSPS) is 11.8. The lowest BCUT2D eigenvalue weighted by atomic mass is 10.0. The van der Waals surface area contributed by atoms with Gasteiger partial charge in [-0.05, 0) is 36.5 Å². The lowest BCUT2D eigenvalue weighted by Crippen LogP contribution is -2.50. The first-order chi connectivity index (χ1) is 14.0. The van der Waals surface area contributed by atoms with Gasteiger partial charge in [-0.25, -0.2) is 0 Å². The molecule has 2 rings (SSSR count). The molecule has 0 aliphatic rings. The fraction of sp³-hybridized carbons (Fsp3) is 0.417. The molecule has 29 heavy (non-hydrogen) atoms. The molecule has 0 aromatic heterocycles. The minimum absolute atomic E-state index is 0.105. The molecule has 2 aromatic carbocycles. The van der Waals surface area contributed by atoms with Gasteiger partial charge in [0.05, 0.1) is 0 Å². The molecule has 0 saturated carbocycles. The quantitative estimate of drug-likeness (QED) is 0.657. The molecule has 5 nitrogen and oxygen atoms in total. The third-order valence-corrected chi connectivity index (χ3v) is 4.82. The summed E-state index contributed by atoms with van der Waals surface area (Å²) in [6, 6.07) is 16.9. The van der Waals surface area contributed by atoms with Gasteiger partial charge in [0.2, 0.25) is 5.91 Å². The highest BCUT2D eigenvalue weighted by atomic mass is 16.5. The molecule has 0 unspecified atom stereocenters. The molecule has 0 spiro atoms. The van der Waals surface area contributed by atoms with Crippen LogP contribution in [0.3, 0.4) is 0 Å². The molecule has 2 aromatic rings. The highest BCUT2D eigenvalue weighted by Gasteiger charge is 2.28. The number of ether oxygens (including phenoxy) is 1. The molecule has 0 fully saturated rings. The largest absolute Gasteiger partial charge is 0.483 e. The van der Waals surface area contributed by atoms with Gasteiger partial charge in [-0.15, -0.1) is 0 Å². The van der Waals surface area contributed by atoms with Gasteiger partial charge in [-0.2, -0.15) is 0 Å². The number of benzene rings is 2. The molecule has 1 N–H and O–H groups in total.